The number of hydrogen-bond donors (Lipinski definition) is 3. The molecule has 6 nitrogen and oxygen atoms in total. The number of rotatable bonds is 4. The lowest BCUT2D eigenvalue weighted by molar-refractivity contribution is -0.929. The van der Waals surface area contributed by atoms with Gasteiger partial charge in [0, 0.05) is 27.9 Å². The van der Waals surface area contributed by atoms with Gasteiger partial charge >= 0.3 is 5.97 Å². The van der Waals surface area contributed by atoms with Gasteiger partial charge in [-0.1, -0.05) is 35.9 Å². The molecule has 1 aromatic heterocycles. The van der Waals surface area contributed by atoms with E-state index < -0.39 is 5.97 Å². The lowest BCUT2D eigenvalue weighted by atomic mass is 9.98. The van der Waals surface area contributed by atoms with Crippen LogP contribution < -0.4 is 10.2 Å². The molecule has 0 fully saturated rings. The summed E-state index contributed by atoms with van der Waals surface area (Å²) < 4.78 is 4.87. The van der Waals surface area contributed by atoms with Crippen molar-refractivity contribution in [3.8, 4) is 0 Å². The van der Waals surface area contributed by atoms with Gasteiger partial charge in [0.15, 0.2) is 6.04 Å². The molecule has 0 aliphatic carbocycles. The van der Waals surface area contributed by atoms with E-state index in [0.717, 1.165) is 19.5 Å². The predicted octanol–water partition coefficient (Wildman–Crippen LogP) is 2.58. The van der Waals surface area contributed by atoms with Crippen molar-refractivity contribution in [2.75, 3.05) is 19.0 Å². The number of aromatic nitrogens is 1. The van der Waals surface area contributed by atoms with E-state index in [9.17, 15) is 9.59 Å². The second kappa shape index (κ2) is 7.89. The molecule has 0 bridgehead atoms. The fourth-order valence-corrected chi connectivity index (χ4v) is 4.11. The van der Waals surface area contributed by atoms with E-state index in [1.165, 1.54) is 23.1 Å². The second-order valence-corrected chi connectivity index (χ2v) is 7.81. The average molecular weight is 413 g/mol. The largest absolute Gasteiger partial charge is 0.464 e. The van der Waals surface area contributed by atoms with Crippen molar-refractivity contribution in [3.63, 3.8) is 0 Å². The first-order chi connectivity index (χ1) is 14.0. The highest BCUT2D eigenvalue weighted by Crippen LogP contribution is 2.30. The molecule has 1 aliphatic heterocycles. The number of amides is 1. The minimum atomic E-state index is -0.542. The SMILES string of the molecule is COC(=O)c1[nH]c2ccc(Cl)cc2c1NC(=O)[C@@H](C)[NH+]1CCc2ccccc2C1. The maximum absolute atomic E-state index is 13.1. The van der Waals surface area contributed by atoms with Crippen molar-refractivity contribution < 1.29 is 19.2 Å². The van der Waals surface area contributed by atoms with Crippen molar-refractivity contribution in [3.05, 3.63) is 64.3 Å². The van der Waals surface area contributed by atoms with Crippen molar-refractivity contribution in [2.24, 2.45) is 0 Å². The number of carbonyl (C=O) groups is 2. The number of carbonyl (C=O) groups excluding carboxylic acids is 2. The number of hydrogen-bond acceptors (Lipinski definition) is 3. The molecule has 1 aliphatic rings. The number of anilines is 1. The highest BCUT2D eigenvalue weighted by atomic mass is 35.5. The Morgan fingerprint density at radius 2 is 1.97 bits per heavy atom. The van der Waals surface area contributed by atoms with E-state index in [4.69, 9.17) is 16.3 Å². The summed E-state index contributed by atoms with van der Waals surface area (Å²) in [5, 5.41) is 4.15. The van der Waals surface area contributed by atoms with E-state index >= 15 is 0 Å². The fraction of sp³-hybridized carbons (Fsp3) is 0.273. The van der Waals surface area contributed by atoms with Gasteiger partial charge in [-0.15, -0.1) is 0 Å². The van der Waals surface area contributed by atoms with Gasteiger partial charge in [-0.05, 0) is 30.7 Å². The lowest BCUT2D eigenvalue weighted by Crippen LogP contribution is -3.16. The molecule has 2 aromatic carbocycles. The zero-order valence-corrected chi connectivity index (χ0v) is 17.1. The molecule has 0 radical (unpaired) electrons. The number of benzene rings is 2. The number of methoxy groups -OCH3 is 1. The predicted molar refractivity (Wildman–Crippen MR) is 112 cm³/mol. The second-order valence-electron chi connectivity index (χ2n) is 7.37. The Bertz CT molecular complexity index is 1090. The number of halogens is 1. The highest BCUT2D eigenvalue weighted by Gasteiger charge is 2.30. The molecule has 3 aromatic rings. The topological polar surface area (TPSA) is 75.6 Å². The number of nitrogens with one attached hydrogen (secondary N) is 3. The summed E-state index contributed by atoms with van der Waals surface area (Å²) in [6.07, 6.45) is 0.944. The molecule has 2 heterocycles. The molecule has 29 heavy (non-hydrogen) atoms. The van der Waals surface area contributed by atoms with Crippen molar-refractivity contribution in [2.45, 2.75) is 25.9 Å². The summed E-state index contributed by atoms with van der Waals surface area (Å²) in [4.78, 5) is 29.5. The summed E-state index contributed by atoms with van der Waals surface area (Å²) in [5.74, 6) is -0.690. The van der Waals surface area contributed by atoms with Crippen LogP contribution in [0.5, 0.6) is 0 Å². The molecule has 7 heteroatoms. The molecule has 3 N–H and O–H groups in total. The third-order valence-electron chi connectivity index (χ3n) is 5.66. The molecule has 2 atom stereocenters. The molecule has 150 valence electrons. The summed E-state index contributed by atoms with van der Waals surface area (Å²) in [7, 11) is 1.31. The van der Waals surface area contributed by atoms with Crippen molar-refractivity contribution in [1.82, 2.24) is 4.98 Å². The number of fused-ring (bicyclic) bond motifs is 2. The zero-order valence-electron chi connectivity index (χ0n) is 16.3. The van der Waals surface area contributed by atoms with E-state index in [-0.39, 0.29) is 17.6 Å². The Hall–Kier alpha value is -2.83. The molecule has 1 unspecified atom stereocenters. The minimum Gasteiger partial charge on any atom is -0.464 e. The van der Waals surface area contributed by atoms with Gasteiger partial charge < -0.3 is 19.9 Å². The van der Waals surface area contributed by atoms with Crippen LogP contribution in [0, 0.1) is 0 Å². The van der Waals surface area contributed by atoms with Crippen molar-refractivity contribution in [1.29, 1.82) is 0 Å². The molecule has 4 rings (SSSR count). The van der Waals surface area contributed by atoms with Gasteiger partial charge in [0.1, 0.15) is 12.2 Å². The smallest absolute Gasteiger partial charge is 0.356 e. The number of esters is 1. The number of H-pyrrole nitrogens is 1. The number of aromatic amines is 1. The Morgan fingerprint density at radius 3 is 2.72 bits per heavy atom. The van der Waals surface area contributed by atoms with Crippen LogP contribution in [-0.2, 0) is 22.5 Å². The quantitative estimate of drug-likeness (QED) is 0.576. The Morgan fingerprint density at radius 1 is 1.21 bits per heavy atom. The van der Waals surface area contributed by atoms with Gasteiger partial charge in [-0.3, -0.25) is 4.79 Å². The Labute approximate surface area is 173 Å². The summed E-state index contributed by atoms with van der Waals surface area (Å²) >= 11 is 6.14. The maximum atomic E-state index is 13.1. The lowest BCUT2D eigenvalue weighted by Gasteiger charge is -2.30. The number of quaternary nitrogens is 1. The van der Waals surface area contributed by atoms with Crippen LogP contribution >= 0.6 is 11.6 Å². The molecule has 0 saturated carbocycles. The van der Waals surface area contributed by atoms with E-state index in [2.05, 4.69) is 28.5 Å². The summed E-state index contributed by atoms with van der Waals surface area (Å²) in [5.41, 5.74) is 3.95. The van der Waals surface area contributed by atoms with Gasteiger partial charge in [0.25, 0.3) is 5.91 Å². The monoisotopic (exact) mass is 412 g/mol. The third-order valence-corrected chi connectivity index (χ3v) is 5.89. The van der Waals surface area contributed by atoms with Gasteiger partial charge in [-0.2, -0.15) is 0 Å². The molecular formula is C22H23ClN3O3+. The maximum Gasteiger partial charge on any atom is 0.356 e. The Kier molecular flexibility index (Phi) is 5.30. The number of ether oxygens (including phenoxy) is 1. The van der Waals surface area contributed by atoms with E-state index in [1.807, 2.05) is 13.0 Å². The van der Waals surface area contributed by atoms with Crippen LogP contribution in [0.15, 0.2) is 42.5 Å². The first-order valence-corrected chi connectivity index (χ1v) is 9.97. The van der Waals surface area contributed by atoms with Crippen molar-refractivity contribution >= 4 is 40.1 Å². The normalized spacial score (nSPS) is 16.9. The van der Waals surface area contributed by atoms with E-state index in [1.54, 1.807) is 18.2 Å². The Balaban J connectivity index is 1.60. The van der Waals surface area contributed by atoms with Crippen LogP contribution in [0.2, 0.25) is 5.02 Å². The first kappa shape index (κ1) is 19.5. The van der Waals surface area contributed by atoms with Crippen LogP contribution in [0.25, 0.3) is 10.9 Å². The molecule has 0 saturated heterocycles. The summed E-state index contributed by atoms with van der Waals surface area (Å²) in [6, 6.07) is 13.3. The average Bonchev–Trinajstić information content (AvgIpc) is 3.09. The minimum absolute atomic E-state index is 0.148. The third kappa shape index (κ3) is 3.73. The van der Waals surface area contributed by atoms with Crippen LogP contribution in [0.4, 0.5) is 5.69 Å². The van der Waals surface area contributed by atoms with Crippen LogP contribution in [0.3, 0.4) is 0 Å². The fourth-order valence-electron chi connectivity index (χ4n) is 3.94. The highest BCUT2D eigenvalue weighted by molar-refractivity contribution is 6.31. The van der Waals surface area contributed by atoms with Crippen LogP contribution in [-0.4, -0.2) is 36.6 Å². The van der Waals surface area contributed by atoms with Gasteiger partial charge in [0.2, 0.25) is 0 Å². The zero-order chi connectivity index (χ0) is 20.5. The first-order valence-electron chi connectivity index (χ1n) is 9.59. The molecule has 0 spiro atoms. The molecule has 1 amide bonds. The molecular weight excluding hydrogens is 390 g/mol. The standard InChI is InChI=1S/C22H22ClN3O3/c1-13(26-10-9-14-5-3-4-6-15(14)12-26)21(27)25-19-17-11-16(23)7-8-18(17)24-20(19)22(28)29-2/h3-8,11,13,24H,9-10,12H2,1-2H3,(H,25,27)/p+1/t13-/m1/s1. The van der Waals surface area contributed by atoms with Crippen LogP contribution in [0.1, 0.15) is 28.5 Å². The van der Waals surface area contributed by atoms with E-state index in [0.29, 0.717) is 21.6 Å². The van der Waals surface area contributed by atoms with Gasteiger partial charge in [0.05, 0.1) is 19.3 Å². The summed E-state index contributed by atoms with van der Waals surface area (Å²) in [6.45, 7) is 3.60. The van der Waals surface area contributed by atoms with Gasteiger partial charge in [-0.25, -0.2) is 4.79 Å².